The highest BCUT2D eigenvalue weighted by molar-refractivity contribution is 5.85. The number of piperidine rings is 1. The Balaban J connectivity index is 2.38. The van der Waals surface area contributed by atoms with Crippen molar-refractivity contribution in [3.05, 3.63) is 0 Å². The van der Waals surface area contributed by atoms with Crippen molar-refractivity contribution in [2.45, 2.75) is 38.1 Å². The van der Waals surface area contributed by atoms with Gasteiger partial charge in [-0.2, -0.15) is 0 Å². The molecular weight excluding hydrogens is 176 g/mol. The first-order chi connectivity index (χ1) is 6.69. The Morgan fingerprint density at radius 1 is 1.64 bits per heavy atom. The van der Waals surface area contributed by atoms with E-state index in [-0.39, 0.29) is 11.4 Å². The Morgan fingerprint density at radius 3 is 3.00 bits per heavy atom. The third-order valence-electron chi connectivity index (χ3n) is 2.67. The van der Waals surface area contributed by atoms with Crippen LogP contribution in [0.25, 0.3) is 0 Å². The Hall–Kier alpha value is -1.01. The van der Waals surface area contributed by atoms with Crippen LogP contribution >= 0.6 is 0 Å². The zero-order valence-electron chi connectivity index (χ0n) is 8.73. The first kappa shape index (κ1) is 11.1. The van der Waals surface area contributed by atoms with E-state index >= 15 is 0 Å². The van der Waals surface area contributed by atoms with Gasteiger partial charge in [0, 0.05) is 13.0 Å². The highest BCUT2D eigenvalue weighted by Gasteiger charge is 2.33. The van der Waals surface area contributed by atoms with Crippen molar-refractivity contribution >= 4 is 5.91 Å². The molecule has 0 saturated carbocycles. The lowest BCUT2D eigenvalue weighted by Gasteiger charge is -2.33. The maximum absolute atomic E-state index is 11.8. The predicted octanol–water partition coefficient (Wildman–Crippen LogP) is 0.658. The van der Waals surface area contributed by atoms with E-state index in [0.29, 0.717) is 13.0 Å². The lowest BCUT2D eigenvalue weighted by Crippen LogP contribution is -2.57. The number of terminal acetylenes is 1. The van der Waals surface area contributed by atoms with Gasteiger partial charge < -0.3 is 10.6 Å². The smallest absolute Gasteiger partial charge is 0.240 e. The minimum atomic E-state index is -0.382. The van der Waals surface area contributed by atoms with Crippen LogP contribution in [0.4, 0.5) is 0 Å². The van der Waals surface area contributed by atoms with E-state index in [2.05, 4.69) is 16.6 Å². The largest absolute Gasteiger partial charge is 0.354 e. The van der Waals surface area contributed by atoms with Crippen molar-refractivity contribution in [1.82, 2.24) is 10.6 Å². The van der Waals surface area contributed by atoms with Crippen LogP contribution in [0.15, 0.2) is 0 Å². The normalized spacial score (nSPS) is 26.6. The number of hydrogen-bond acceptors (Lipinski definition) is 2. The molecule has 0 spiro atoms. The molecule has 1 unspecified atom stereocenters. The minimum Gasteiger partial charge on any atom is -0.354 e. The molecule has 3 heteroatoms. The van der Waals surface area contributed by atoms with Crippen LogP contribution < -0.4 is 10.6 Å². The summed E-state index contributed by atoms with van der Waals surface area (Å²) in [5.74, 6) is 2.58. The molecule has 1 rings (SSSR count). The Kier molecular flexibility index (Phi) is 3.97. The maximum atomic E-state index is 11.8. The molecule has 1 amide bonds. The zero-order chi connectivity index (χ0) is 10.4. The lowest BCUT2D eigenvalue weighted by atomic mass is 9.90. The van der Waals surface area contributed by atoms with Gasteiger partial charge in [-0.3, -0.25) is 4.79 Å². The molecular formula is C11H18N2O. The number of carbonyl (C=O) groups is 1. The standard InChI is InChI=1S/C11H18N2O/c1-3-4-8-12-10(14)11(2)7-5-6-9-13-11/h1,13H,4-9H2,2H3,(H,12,14). The molecule has 1 saturated heterocycles. The quantitative estimate of drug-likeness (QED) is 0.512. The fourth-order valence-electron chi connectivity index (χ4n) is 1.69. The van der Waals surface area contributed by atoms with Gasteiger partial charge in [0.1, 0.15) is 0 Å². The first-order valence-corrected chi connectivity index (χ1v) is 5.16. The summed E-state index contributed by atoms with van der Waals surface area (Å²) in [6.45, 7) is 3.46. The molecule has 3 nitrogen and oxygen atoms in total. The van der Waals surface area contributed by atoms with Crippen LogP contribution in [0, 0.1) is 12.3 Å². The number of hydrogen-bond donors (Lipinski definition) is 2. The highest BCUT2D eigenvalue weighted by atomic mass is 16.2. The van der Waals surface area contributed by atoms with Gasteiger partial charge in [0.2, 0.25) is 5.91 Å². The van der Waals surface area contributed by atoms with Crippen LogP contribution in [0.3, 0.4) is 0 Å². The first-order valence-electron chi connectivity index (χ1n) is 5.16. The predicted molar refractivity (Wildman–Crippen MR) is 56.7 cm³/mol. The third-order valence-corrected chi connectivity index (χ3v) is 2.67. The second-order valence-electron chi connectivity index (χ2n) is 3.93. The van der Waals surface area contributed by atoms with E-state index in [4.69, 9.17) is 6.42 Å². The average Bonchev–Trinajstić information content (AvgIpc) is 2.19. The van der Waals surface area contributed by atoms with E-state index in [1.54, 1.807) is 0 Å². The number of carbonyl (C=O) groups excluding carboxylic acids is 1. The molecule has 78 valence electrons. The van der Waals surface area contributed by atoms with E-state index in [9.17, 15) is 4.79 Å². The molecule has 0 aromatic carbocycles. The summed E-state index contributed by atoms with van der Waals surface area (Å²) in [5.41, 5.74) is -0.382. The summed E-state index contributed by atoms with van der Waals surface area (Å²) >= 11 is 0. The van der Waals surface area contributed by atoms with Gasteiger partial charge in [0.05, 0.1) is 5.54 Å². The number of rotatable bonds is 3. The van der Waals surface area contributed by atoms with E-state index in [0.717, 1.165) is 25.8 Å². The second-order valence-corrected chi connectivity index (χ2v) is 3.93. The maximum Gasteiger partial charge on any atom is 0.240 e. The Bertz CT molecular complexity index is 236. The van der Waals surface area contributed by atoms with E-state index < -0.39 is 0 Å². The summed E-state index contributed by atoms with van der Waals surface area (Å²) in [4.78, 5) is 11.8. The lowest BCUT2D eigenvalue weighted by molar-refractivity contribution is -0.127. The van der Waals surface area contributed by atoms with Crippen molar-refractivity contribution in [2.24, 2.45) is 0 Å². The SMILES string of the molecule is C#CCCNC(=O)C1(C)CCCCN1. The van der Waals surface area contributed by atoms with Crippen molar-refractivity contribution in [3.8, 4) is 12.3 Å². The van der Waals surface area contributed by atoms with Crippen LogP contribution in [0.5, 0.6) is 0 Å². The van der Waals surface area contributed by atoms with Gasteiger partial charge in [0.15, 0.2) is 0 Å². The summed E-state index contributed by atoms with van der Waals surface area (Å²) in [6.07, 6.45) is 8.90. The van der Waals surface area contributed by atoms with E-state index in [1.165, 1.54) is 0 Å². The van der Waals surface area contributed by atoms with Gasteiger partial charge in [-0.15, -0.1) is 12.3 Å². The van der Waals surface area contributed by atoms with Gasteiger partial charge in [0.25, 0.3) is 0 Å². The topological polar surface area (TPSA) is 41.1 Å². The molecule has 1 aliphatic heterocycles. The minimum absolute atomic E-state index is 0.0763. The van der Waals surface area contributed by atoms with E-state index in [1.807, 2.05) is 6.92 Å². The fourth-order valence-corrected chi connectivity index (χ4v) is 1.69. The number of amides is 1. The second kappa shape index (κ2) is 5.02. The summed E-state index contributed by atoms with van der Waals surface area (Å²) < 4.78 is 0. The molecule has 0 bridgehead atoms. The molecule has 0 aliphatic carbocycles. The monoisotopic (exact) mass is 194 g/mol. The Labute approximate surface area is 85.6 Å². The zero-order valence-corrected chi connectivity index (χ0v) is 8.73. The van der Waals surface area contributed by atoms with Gasteiger partial charge >= 0.3 is 0 Å². The average molecular weight is 194 g/mol. The van der Waals surface area contributed by atoms with Crippen LogP contribution in [-0.4, -0.2) is 24.5 Å². The van der Waals surface area contributed by atoms with Crippen LogP contribution in [-0.2, 0) is 4.79 Å². The number of nitrogens with one attached hydrogen (secondary N) is 2. The third kappa shape index (κ3) is 2.74. The van der Waals surface area contributed by atoms with Crippen molar-refractivity contribution in [2.75, 3.05) is 13.1 Å². The summed E-state index contributed by atoms with van der Waals surface area (Å²) in [5, 5.41) is 6.11. The van der Waals surface area contributed by atoms with Crippen LogP contribution in [0.2, 0.25) is 0 Å². The van der Waals surface area contributed by atoms with Gasteiger partial charge in [-0.1, -0.05) is 0 Å². The molecule has 0 aromatic heterocycles. The molecule has 2 N–H and O–H groups in total. The molecule has 1 aliphatic rings. The molecule has 1 fully saturated rings. The molecule has 14 heavy (non-hydrogen) atoms. The molecule has 0 radical (unpaired) electrons. The highest BCUT2D eigenvalue weighted by Crippen LogP contribution is 2.18. The molecule has 1 heterocycles. The van der Waals surface area contributed by atoms with Gasteiger partial charge in [-0.05, 0) is 32.7 Å². The van der Waals surface area contributed by atoms with Crippen LogP contribution in [0.1, 0.15) is 32.6 Å². The van der Waals surface area contributed by atoms with Crippen molar-refractivity contribution in [1.29, 1.82) is 0 Å². The molecule has 0 aromatic rings. The van der Waals surface area contributed by atoms with Crippen molar-refractivity contribution in [3.63, 3.8) is 0 Å². The van der Waals surface area contributed by atoms with Gasteiger partial charge in [-0.25, -0.2) is 0 Å². The molecule has 1 atom stereocenters. The van der Waals surface area contributed by atoms with Crippen molar-refractivity contribution < 1.29 is 4.79 Å². The summed E-state index contributed by atoms with van der Waals surface area (Å²) in [7, 11) is 0. The Morgan fingerprint density at radius 2 is 2.43 bits per heavy atom. The summed E-state index contributed by atoms with van der Waals surface area (Å²) in [6, 6.07) is 0. The fraction of sp³-hybridized carbons (Fsp3) is 0.727.